The molecule has 0 spiro atoms. The maximum absolute atomic E-state index is 12.0. The second-order valence-electron chi connectivity index (χ2n) is 6.02. The predicted octanol–water partition coefficient (Wildman–Crippen LogP) is 4.28. The van der Waals surface area contributed by atoms with Gasteiger partial charge in [0.25, 0.3) is 5.91 Å². The molecule has 2 rings (SSSR count). The molecular weight excluding hydrogens is 492 g/mol. The molecule has 150 valence electrons. The van der Waals surface area contributed by atoms with E-state index in [2.05, 4.69) is 42.1 Å². The molecule has 1 amide bonds. The highest BCUT2D eigenvalue weighted by Crippen LogP contribution is 2.25. The van der Waals surface area contributed by atoms with Crippen LogP contribution in [0.25, 0.3) is 0 Å². The Morgan fingerprint density at radius 2 is 1.50 bits per heavy atom. The van der Waals surface area contributed by atoms with Crippen LogP contribution in [0.2, 0.25) is 0 Å². The number of carbonyl (C=O) groups is 2. The van der Waals surface area contributed by atoms with Gasteiger partial charge in [-0.3, -0.25) is 9.59 Å². The first-order chi connectivity index (χ1) is 13.4. The van der Waals surface area contributed by atoms with Gasteiger partial charge in [0.2, 0.25) is 0 Å². The van der Waals surface area contributed by atoms with E-state index in [-0.39, 0.29) is 0 Å². The minimum Gasteiger partial charge on any atom is -0.480 e. The van der Waals surface area contributed by atoms with Gasteiger partial charge < -0.3 is 20.1 Å². The molecule has 2 aromatic carbocycles. The standard InChI is InChI=1S/C20H22Br2N2O4/c1-14(20(26)27)23-19(25)15-2-6-17(7-3-15)28-18-8-4-16(5-9-18)24(12-10-21)13-11-22/h2-9,14H,10-13H2,1H3,(H,23,25)(H,26,27)/t14-/m0/s1. The number of aliphatic carboxylic acids is 1. The summed E-state index contributed by atoms with van der Waals surface area (Å²) >= 11 is 6.95. The van der Waals surface area contributed by atoms with Crippen molar-refractivity contribution in [3.05, 3.63) is 54.1 Å². The van der Waals surface area contributed by atoms with Crippen LogP contribution in [0.4, 0.5) is 5.69 Å². The molecule has 0 aliphatic carbocycles. The fraction of sp³-hybridized carbons (Fsp3) is 0.300. The van der Waals surface area contributed by atoms with Crippen LogP contribution in [0.5, 0.6) is 11.5 Å². The highest BCUT2D eigenvalue weighted by molar-refractivity contribution is 9.09. The van der Waals surface area contributed by atoms with Crippen molar-refractivity contribution in [3.8, 4) is 11.5 Å². The van der Waals surface area contributed by atoms with Crippen molar-refractivity contribution >= 4 is 49.4 Å². The lowest BCUT2D eigenvalue weighted by atomic mass is 10.2. The third-order valence-electron chi connectivity index (χ3n) is 3.98. The van der Waals surface area contributed by atoms with E-state index in [1.54, 1.807) is 24.3 Å². The van der Waals surface area contributed by atoms with Crippen molar-refractivity contribution in [3.63, 3.8) is 0 Å². The highest BCUT2D eigenvalue weighted by Gasteiger charge is 2.15. The number of rotatable bonds is 10. The van der Waals surface area contributed by atoms with Gasteiger partial charge in [0.15, 0.2) is 0 Å². The molecule has 0 bridgehead atoms. The number of amides is 1. The number of halogens is 2. The minimum atomic E-state index is -1.08. The zero-order chi connectivity index (χ0) is 20.5. The molecule has 0 heterocycles. The molecule has 0 unspecified atom stereocenters. The Bertz CT molecular complexity index is 776. The highest BCUT2D eigenvalue weighted by atomic mass is 79.9. The van der Waals surface area contributed by atoms with Crippen LogP contribution in [-0.2, 0) is 4.79 Å². The van der Waals surface area contributed by atoms with Crippen LogP contribution in [-0.4, -0.2) is 46.8 Å². The number of hydrogen-bond donors (Lipinski definition) is 2. The number of nitrogens with zero attached hydrogens (tertiary/aromatic N) is 1. The molecule has 1 atom stereocenters. The maximum atomic E-state index is 12.0. The molecule has 0 aliphatic heterocycles. The summed E-state index contributed by atoms with van der Waals surface area (Å²) in [6.45, 7) is 3.24. The lowest BCUT2D eigenvalue weighted by Crippen LogP contribution is -2.38. The van der Waals surface area contributed by atoms with Crippen LogP contribution in [0, 0.1) is 0 Å². The second-order valence-corrected chi connectivity index (χ2v) is 7.60. The van der Waals surface area contributed by atoms with Crippen LogP contribution < -0.4 is 15.0 Å². The van der Waals surface area contributed by atoms with Crippen molar-refractivity contribution in [1.82, 2.24) is 5.32 Å². The number of carboxylic acids is 1. The number of hydrogen-bond acceptors (Lipinski definition) is 4. The smallest absolute Gasteiger partial charge is 0.325 e. The fourth-order valence-electron chi connectivity index (χ4n) is 2.45. The third kappa shape index (κ3) is 6.53. The van der Waals surface area contributed by atoms with Gasteiger partial charge in [0.05, 0.1) is 0 Å². The van der Waals surface area contributed by atoms with E-state index in [4.69, 9.17) is 9.84 Å². The third-order valence-corrected chi connectivity index (χ3v) is 4.69. The Kier molecular flexibility index (Phi) is 8.79. The van der Waals surface area contributed by atoms with E-state index in [0.29, 0.717) is 17.1 Å². The SMILES string of the molecule is C[C@H](NC(=O)c1ccc(Oc2ccc(N(CCBr)CCBr)cc2)cc1)C(=O)O. The van der Waals surface area contributed by atoms with E-state index in [1.807, 2.05) is 24.3 Å². The molecule has 0 fully saturated rings. The molecule has 28 heavy (non-hydrogen) atoms. The zero-order valence-electron chi connectivity index (χ0n) is 15.4. The van der Waals surface area contributed by atoms with Gasteiger partial charge in [-0.05, 0) is 55.5 Å². The normalized spacial score (nSPS) is 11.5. The van der Waals surface area contributed by atoms with Gasteiger partial charge in [-0.15, -0.1) is 0 Å². The summed E-state index contributed by atoms with van der Waals surface area (Å²) in [4.78, 5) is 25.1. The molecule has 0 saturated carbocycles. The summed E-state index contributed by atoms with van der Waals surface area (Å²) in [5, 5.41) is 13.1. The van der Waals surface area contributed by atoms with Gasteiger partial charge in [-0.1, -0.05) is 31.9 Å². The van der Waals surface area contributed by atoms with E-state index in [0.717, 1.165) is 29.4 Å². The van der Waals surface area contributed by atoms with Crippen molar-refractivity contribution in [2.45, 2.75) is 13.0 Å². The second kappa shape index (κ2) is 11.1. The summed E-state index contributed by atoms with van der Waals surface area (Å²) in [6.07, 6.45) is 0. The van der Waals surface area contributed by atoms with Gasteiger partial charge in [0, 0.05) is 35.0 Å². The average molecular weight is 514 g/mol. The molecule has 2 aromatic rings. The Hall–Kier alpha value is -2.06. The van der Waals surface area contributed by atoms with E-state index >= 15 is 0 Å². The lowest BCUT2D eigenvalue weighted by molar-refractivity contribution is -0.138. The number of benzene rings is 2. The van der Waals surface area contributed by atoms with Crippen LogP contribution >= 0.6 is 31.9 Å². The Labute approximate surface area is 181 Å². The molecule has 0 aromatic heterocycles. The fourth-order valence-corrected chi connectivity index (χ4v) is 3.31. The minimum absolute atomic E-state index is 0.371. The van der Waals surface area contributed by atoms with Crippen LogP contribution in [0.1, 0.15) is 17.3 Å². The number of ether oxygens (including phenoxy) is 1. The summed E-state index contributed by atoms with van der Waals surface area (Å²) in [5.74, 6) is -0.237. The van der Waals surface area contributed by atoms with Crippen LogP contribution in [0.15, 0.2) is 48.5 Å². The predicted molar refractivity (Wildman–Crippen MR) is 117 cm³/mol. The number of alkyl halides is 2. The average Bonchev–Trinajstić information content (AvgIpc) is 2.69. The number of carboxylic acid groups (broad SMARTS) is 1. The van der Waals surface area contributed by atoms with Gasteiger partial charge >= 0.3 is 5.97 Å². The summed E-state index contributed by atoms with van der Waals surface area (Å²) in [5.41, 5.74) is 1.49. The van der Waals surface area contributed by atoms with E-state index in [9.17, 15) is 9.59 Å². The molecule has 0 saturated heterocycles. The lowest BCUT2D eigenvalue weighted by Gasteiger charge is -2.23. The number of nitrogens with one attached hydrogen (secondary N) is 1. The number of anilines is 1. The zero-order valence-corrected chi connectivity index (χ0v) is 18.6. The van der Waals surface area contributed by atoms with Crippen molar-refractivity contribution in [2.24, 2.45) is 0 Å². The van der Waals surface area contributed by atoms with Gasteiger partial charge in [0.1, 0.15) is 17.5 Å². The van der Waals surface area contributed by atoms with E-state index < -0.39 is 17.9 Å². The first-order valence-electron chi connectivity index (χ1n) is 8.73. The topological polar surface area (TPSA) is 78.9 Å². The summed E-state index contributed by atoms with van der Waals surface area (Å²) in [6, 6.07) is 13.4. The first kappa shape index (κ1) is 22.2. The van der Waals surface area contributed by atoms with Gasteiger partial charge in [-0.25, -0.2) is 0 Å². The molecule has 0 aliphatic rings. The Balaban J connectivity index is 2.00. The van der Waals surface area contributed by atoms with Crippen LogP contribution in [0.3, 0.4) is 0 Å². The van der Waals surface area contributed by atoms with Gasteiger partial charge in [-0.2, -0.15) is 0 Å². The largest absolute Gasteiger partial charge is 0.480 e. The number of carbonyl (C=O) groups excluding carboxylic acids is 1. The van der Waals surface area contributed by atoms with Crippen molar-refractivity contribution in [1.29, 1.82) is 0 Å². The first-order valence-corrected chi connectivity index (χ1v) is 11.0. The van der Waals surface area contributed by atoms with E-state index in [1.165, 1.54) is 6.92 Å². The summed E-state index contributed by atoms with van der Waals surface area (Å²) < 4.78 is 5.82. The van der Waals surface area contributed by atoms with Crippen molar-refractivity contribution < 1.29 is 19.4 Å². The van der Waals surface area contributed by atoms with Crippen molar-refractivity contribution in [2.75, 3.05) is 28.6 Å². The maximum Gasteiger partial charge on any atom is 0.325 e. The monoisotopic (exact) mass is 512 g/mol. The Morgan fingerprint density at radius 3 is 1.96 bits per heavy atom. The molecule has 6 nitrogen and oxygen atoms in total. The molecular formula is C20H22Br2N2O4. The summed E-state index contributed by atoms with van der Waals surface area (Å²) in [7, 11) is 0. The molecule has 0 radical (unpaired) electrons. The molecule has 8 heteroatoms. The quantitative estimate of drug-likeness (QED) is 0.463. The molecule has 2 N–H and O–H groups in total. The Morgan fingerprint density at radius 1 is 1.00 bits per heavy atom.